The molecule has 1 unspecified atom stereocenters. The number of hydrogen-bond donors (Lipinski definition) is 0. The van der Waals surface area contributed by atoms with Gasteiger partial charge in [-0.3, -0.25) is 9.59 Å². The van der Waals surface area contributed by atoms with Crippen LogP contribution >= 0.6 is 23.4 Å². The molecule has 0 bridgehead atoms. The molecule has 2 saturated heterocycles. The minimum Gasteiger partial charge on any atom is -0.368 e. The number of halogens is 4. The molecule has 3 heterocycles. The fraction of sp³-hybridized carbons (Fsp3) is 0.556. The number of nitrogens with zero attached hydrogens (tertiary/aromatic N) is 6. The van der Waals surface area contributed by atoms with Gasteiger partial charge in [0.2, 0.25) is 11.8 Å². The molecule has 4 rings (SSSR count). The number of aromatic nitrogens is 2. The topological polar surface area (TPSA) is 72.9 Å². The number of carbonyl (C=O) groups is 2. The zero-order chi connectivity index (χ0) is 29.0. The van der Waals surface area contributed by atoms with E-state index in [-0.39, 0.29) is 28.8 Å². The molecule has 2 fully saturated rings. The Hall–Kier alpha value is -2.73. The number of carbonyl (C=O) groups excluding carboxylic acids is 2. The first kappa shape index (κ1) is 30.2. The number of alkyl halides is 3. The van der Waals surface area contributed by atoms with Gasteiger partial charge in [-0.25, -0.2) is 9.97 Å². The summed E-state index contributed by atoms with van der Waals surface area (Å²) in [6.07, 6.45) is -3.87. The Morgan fingerprint density at radius 2 is 1.73 bits per heavy atom. The number of anilines is 2. The molecule has 0 radical (unpaired) electrons. The van der Waals surface area contributed by atoms with E-state index in [1.54, 1.807) is 17.0 Å². The van der Waals surface area contributed by atoms with Crippen molar-refractivity contribution in [1.29, 1.82) is 0 Å². The van der Waals surface area contributed by atoms with Gasteiger partial charge in [0.25, 0.3) is 0 Å². The summed E-state index contributed by atoms with van der Waals surface area (Å²) in [7, 11) is 0. The molecule has 2 aliphatic rings. The molecule has 1 aromatic carbocycles. The van der Waals surface area contributed by atoms with E-state index in [0.717, 1.165) is 12.1 Å². The van der Waals surface area contributed by atoms with Crippen LogP contribution in [0.3, 0.4) is 0 Å². The molecule has 2 aromatic rings. The van der Waals surface area contributed by atoms with Crippen molar-refractivity contribution < 1.29 is 22.8 Å². The van der Waals surface area contributed by atoms with Crippen LogP contribution < -0.4 is 9.80 Å². The van der Waals surface area contributed by atoms with Gasteiger partial charge >= 0.3 is 6.18 Å². The van der Waals surface area contributed by atoms with E-state index in [9.17, 15) is 22.8 Å². The van der Waals surface area contributed by atoms with E-state index in [1.807, 2.05) is 30.6 Å². The van der Waals surface area contributed by atoms with Crippen LogP contribution in [0.15, 0.2) is 35.5 Å². The molecule has 1 atom stereocenters. The average Bonchev–Trinajstić information content (AvgIpc) is 2.90. The quantitative estimate of drug-likeness (QED) is 0.260. The van der Waals surface area contributed by atoms with Crippen molar-refractivity contribution in [2.75, 3.05) is 61.4 Å². The Morgan fingerprint density at radius 1 is 1.02 bits per heavy atom. The van der Waals surface area contributed by atoms with E-state index in [4.69, 9.17) is 11.6 Å². The van der Waals surface area contributed by atoms with Gasteiger partial charge in [0.05, 0.1) is 11.3 Å². The molecule has 0 aliphatic carbocycles. The maximum Gasteiger partial charge on any atom is 0.416 e. The van der Waals surface area contributed by atoms with Gasteiger partial charge in [-0.1, -0.05) is 43.3 Å². The fourth-order valence-electron chi connectivity index (χ4n) is 4.93. The minimum atomic E-state index is -4.40. The third-order valence-electron chi connectivity index (χ3n) is 7.01. The second-order valence-corrected chi connectivity index (χ2v) is 11.8. The van der Waals surface area contributed by atoms with Crippen LogP contribution in [-0.4, -0.2) is 89.2 Å². The highest BCUT2D eigenvalue weighted by atomic mass is 35.5. The van der Waals surface area contributed by atoms with Gasteiger partial charge in [-0.15, -0.1) is 0 Å². The Bertz CT molecular complexity index is 1210. The Morgan fingerprint density at radius 3 is 2.38 bits per heavy atom. The first-order valence-corrected chi connectivity index (χ1v) is 14.7. The van der Waals surface area contributed by atoms with Crippen molar-refractivity contribution in [3.05, 3.63) is 41.0 Å². The van der Waals surface area contributed by atoms with Gasteiger partial charge in [-0.05, 0) is 31.0 Å². The van der Waals surface area contributed by atoms with Crippen molar-refractivity contribution in [3.63, 3.8) is 0 Å². The molecule has 0 N–H and O–H groups in total. The molecular formula is C27H34ClF3N6O2S. The summed E-state index contributed by atoms with van der Waals surface area (Å²) in [5, 5.41) is 0.671. The van der Waals surface area contributed by atoms with Gasteiger partial charge in [0.1, 0.15) is 11.0 Å². The van der Waals surface area contributed by atoms with Crippen LogP contribution in [0.4, 0.5) is 24.7 Å². The summed E-state index contributed by atoms with van der Waals surface area (Å²) in [5.74, 6) is 1.15. The fourth-order valence-corrected chi connectivity index (χ4v) is 5.91. The molecule has 2 amide bonds. The maximum atomic E-state index is 13.1. The van der Waals surface area contributed by atoms with Gasteiger partial charge in [-0.2, -0.15) is 13.2 Å². The molecule has 2 aliphatic heterocycles. The summed E-state index contributed by atoms with van der Waals surface area (Å²) >= 11 is 7.49. The molecule has 0 spiro atoms. The smallest absolute Gasteiger partial charge is 0.368 e. The Balaban J connectivity index is 1.30. The zero-order valence-corrected chi connectivity index (χ0v) is 24.4. The van der Waals surface area contributed by atoms with Crippen molar-refractivity contribution in [1.82, 2.24) is 19.8 Å². The highest BCUT2D eigenvalue weighted by Gasteiger charge is 2.32. The second-order valence-electron chi connectivity index (χ2n) is 10.5. The lowest BCUT2D eigenvalue weighted by atomic mass is 10.1. The van der Waals surface area contributed by atoms with Crippen molar-refractivity contribution in [2.45, 2.75) is 44.6 Å². The summed E-state index contributed by atoms with van der Waals surface area (Å²) < 4.78 is 39.2. The lowest BCUT2D eigenvalue weighted by Gasteiger charge is -2.40. The average molecular weight is 599 g/mol. The molecule has 1 aromatic heterocycles. The molecule has 218 valence electrons. The first-order valence-electron chi connectivity index (χ1n) is 13.3. The second kappa shape index (κ2) is 12.8. The van der Waals surface area contributed by atoms with Crippen LogP contribution in [0.5, 0.6) is 0 Å². The highest BCUT2D eigenvalue weighted by molar-refractivity contribution is 7.99. The lowest BCUT2D eigenvalue weighted by molar-refractivity contribution is -0.137. The third-order valence-corrected chi connectivity index (χ3v) is 8.04. The number of hydrogen-bond acceptors (Lipinski definition) is 7. The monoisotopic (exact) mass is 598 g/mol. The highest BCUT2D eigenvalue weighted by Crippen LogP contribution is 2.32. The number of benzene rings is 1. The molecule has 8 nitrogen and oxygen atoms in total. The Labute approximate surface area is 241 Å². The third kappa shape index (κ3) is 7.72. The molecular weight excluding hydrogens is 565 g/mol. The van der Waals surface area contributed by atoms with Crippen LogP contribution in [-0.2, 0) is 15.8 Å². The predicted molar refractivity (Wildman–Crippen MR) is 151 cm³/mol. The van der Waals surface area contributed by atoms with Crippen molar-refractivity contribution in [2.24, 2.45) is 5.92 Å². The number of rotatable bonds is 7. The summed E-state index contributed by atoms with van der Waals surface area (Å²) in [5.41, 5.74) is -0.188. The summed E-state index contributed by atoms with van der Waals surface area (Å²) in [6.45, 7) is 9.65. The van der Waals surface area contributed by atoms with Crippen LogP contribution in [0.25, 0.3) is 0 Å². The first-order chi connectivity index (χ1) is 18.9. The van der Waals surface area contributed by atoms with Crippen LogP contribution in [0.1, 0.15) is 32.8 Å². The van der Waals surface area contributed by atoms with Gasteiger partial charge < -0.3 is 19.6 Å². The summed E-state index contributed by atoms with van der Waals surface area (Å²) in [4.78, 5) is 41.9. The van der Waals surface area contributed by atoms with E-state index < -0.39 is 11.7 Å². The standard InChI is InChI=1S/C27H34ClF3N6O2S/c1-18(2)13-24(38)37-12-11-36(16-19(37)3)23-15-22(28)32-26(33-23)40-17-25(39)35-9-7-34(8-10-35)21-6-4-5-20(14-21)27(29,30)31/h4-6,14-15,18-19H,7-13,16-17H2,1-3H3. The van der Waals surface area contributed by atoms with Crippen molar-refractivity contribution in [3.8, 4) is 0 Å². The minimum absolute atomic E-state index is 0.0287. The zero-order valence-electron chi connectivity index (χ0n) is 22.8. The van der Waals surface area contributed by atoms with Crippen LogP contribution in [0.2, 0.25) is 5.15 Å². The maximum absolute atomic E-state index is 13.1. The normalized spacial score (nSPS) is 18.4. The predicted octanol–water partition coefficient (Wildman–Crippen LogP) is 4.67. The molecule has 40 heavy (non-hydrogen) atoms. The van der Waals surface area contributed by atoms with E-state index >= 15 is 0 Å². The van der Waals surface area contributed by atoms with Crippen molar-refractivity contribution >= 4 is 46.7 Å². The Kier molecular flexibility index (Phi) is 9.71. The summed E-state index contributed by atoms with van der Waals surface area (Å²) in [6, 6.07) is 6.98. The number of thioether (sulfide) groups is 1. The molecule has 0 saturated carbocycles. The number of piperazine rings is 2. The number of amides is 2. The van der Waals surface area contributed by atoms with Crippen LogP contribution in [0, 0.1) is 5.92 Å². The van der Waals surface area contributed by atoms with E-state index in [1.165, 1.54) is 17.8 Å². The lowest BCUT2D eigenvalue weighted by Crippen LogP contribution is -2.54. The van der Waals surface area contributed by atoms with E-state index in [0.29, 0.717) is 74.8 Å². The van der Waals surface area contributed by atoms with E-state index in [2.05, 4.69) is 14.9 Å². The largest absolute Gasteiger partial charge is 0.416 e. The SMILES string of the molecule is CC(C)CC(=O)N1CCN(c2cc(Cl)nc(SCC(=O)N3CCN(c4cccc(C(F)(F)F)c4)CC3)n2)CC1C. The molecule has 13 heteroatoms. The van der Waals surface area contributed by atoms with Gasteiger partial charge in [0, 0.05) is 70.0 Å². The van der Waals surface area contributed by atoms with Gasteiger partial charge in [0.15, 0.2) is 5.16 Å².